The third kappa shape index (κ3) is 11.7. The van der Waals surface area contributed by atoms with Crippen LogP contribution in [0.1, 0.15) is 47.2 Å². The van der Waals surface area contributed by atoms with Gasteiger partial charge < -0.3 is 27.7 Å². The predicted molar refractivity (Wildman–Crippen MR) is 156 cm³/mol. The summed E-state index contributed by atoms with van der Waals surface area (Å²) in [4.78, 5) is 0. The Balaban J connectivity index is 2.33. The largest absolute Gasteiger partial charge is 0.392 e. The van der Waals surface area contributed by atoms with Crippen molar-refractivity contribution in [2.24, 2.45) is 0 Å². The van der Waals surface area contributed by atoms with Crippen molar-refractivity contribution >= 4 is 23.2 Å². The zero-order valence-electron chi connectivity index (χ0n) is 23.6. The highest BCUT2D eigenvalue weighted by molar-refractivity contribution is 7.54. The Labute approximate surface area is 233 Å². The third-order valence-corrected chi connectivity index (χ3v) is 11.3. The molecule has 0 radical (unpaired) electrons. The fraction of sp³-hybridized carbons (Fsp3) is 0.556. The molecular weight excluding hydrogens is 561 g/mol. The summed E-state index contributed by atoms with van der Waals surface area (Å²) in [6, 6.07) is 12.1. The SMILES string of the molecule is CCOP(=O)(CCc1cc(CO)cc(Cc2cc(CC[PH](=O)OC)cc(CCP(=O)(OC)OC)c2)c1)OCC. The molecular formula is C27H43O9P3. The molecule has 0 bridgehead atoms. The number of aryl methyl sites for hydroxylation is 3. The fourth-order valence-corrected chi connectivity index (χ4v) is 7.74. The van der Waals surface area contributed by atoms with Gasteiger partial charge in [0.15, 0.2) is 8.03 Å². The number of hydrogen-bond acceptors (Lipinski definition) is 9. The predicted octanol–water partition coefficient (Wildman–Crippen LogP) is 6.27. The van der Waals surface area contributed by atoms with E-state index in [4.69, 9.17) is 22.6 Å². The molecule has 220 valence electrons. The molecule has 0 fully saturated rings. The van der Waals surface area contributed by atoms with Gasteiger partial charge in [0.05, 0.1) is 32.1 Å². The van der Waals surface area contributed by atoms with Gasteiger partial charge in [0.1, 0.15) is 0 Å². The van der Waals surface area contributed by atoms with E-state index in [-0.39, 0.29) is 18.9 Å². The van der Waals surface area contributed by atoms with Crippen molar-refractivity contribution in [3.05, 3.63) is 69.8 Å². The second kappa shape index (κ2) is 17.0. The normalized spacial score (nSPS) is 13.1. The Morgan fingerprint density at radius 1 is 0.692 bits per heavy atom. The summed E-state index contributed by atoms with van der Waals surface area (Å²) in [5.74, 6) is 0. The van der Waals surface area contributed by atoms with Crippen LogP contribution in [0.2, 0.25) is 0 Å². The van der Waals surface area contributed by atoms with Crippen molar-refractivity contribution in [1.82, 2.24) is 0 Å². The van der Waals surface area contributed by atoms with Crippen LogP contribution in [0.5, 0.6) is 0 Å². The molecule has 2 rings (SSSR count). The Morgan fingerprint density at radius 2 is 1.13 bits per heavy atom. The number of aliphatic hydroxyl groups excluding tert-OH is 1. The van der Waals surface area contributed by atoms with Crippen LogP contribution in [-0.4, -0.2) is 58.1 Å². The first-order chi connectivity index (χ1) is 18.6. The molecule has 0 amide bonds. The van der Waals surface area contributed by atoms with Crippen molar-refractivity contribution in [2.45, 2.75) is 46.1 Å². The minimum atomic E-state index is -3.19. The van der Waals surface area contributed by atoms with Gasteiger partial charge in [-0.2, -0.15) is 0 Å². The number of benzene rings is 2. The Morgan fingerprint density at radius 3 is 1.59 bits per heavy atom. The molecule has 2 aromatic rings. The zero-order valence-corrected chi connectivity index (χ0v) is 26.4. The number of hydrogen-bond donors (Lipinski definition) is 1. The van der Waals surface area contributed by atoms with E-state index in [0.29, 0.717) is 45.1 Å². The Hall–Kier alpha value is -1.11. The molecule has 1 unspecified atom stereocenters. The van der Waals surface area contributed by atoms with Gasteiger partial charge in [0.2, 0.25) is 0 Å². The van der Waals surface area contributed by atoms with E-state index in [1.54, 1.807) is 13.8 Å². The van der Waals surface area contributed by atoms with E-state index in [1.165, 1.54) is 21.3 Å². The van der Waals surface area contributed by atoms with Crippen LogP contribution in [0.25, 0.3) is 0 Å². The maximum atomic E-state index is 12.9. The number of aliphatic hydroxyl groups is 1. The van der Waals surface area contributed by atoms with Crippen LogP contribution in [0.4, 0.5) is 0 Å². The van der Waals surface area contributed by atoms with Crippen LogP contribution >= 0.6 is 23.2 Å². The highest BCUT2D eigenvalue weighted by atomic mass is 31.2. The van der Waals surface area contributed by atoms with Crippen molar-refractivity contribution < 1.29 is 41.4 Å². The van der Waals surface area contributed by atoms with Gasteiger partial charge in [0.25, 0.3) is 0 Å². The van der Waals surface area contributed by atoms with Gasteiger partial charge in [-0.15, -0.1) is 0 Å². The van der Waals surface area contributed by atoms with Gasteiger partial charge in [-0.25, -0.2) is 0 Å². The summed E-state index contributed by atoms with van der Waals surface area (Å²) in [6.07, 6.45) is 3.07. The lowest BCUT2D eigenvalue weighted by Gasteiger charge is -2.17. The summed E-state index contributed by atoms with van der Waals surface area (Å²) in [7, 11) is -4.25. The molecule has 0 spiro atoms. The van der Waals surface area contributed by atoms with Crippen molar-refractivity contribution in [3.8, 4) is 0 Å². The summed E-state index contributed by atoms with van der Waals surface area (Å²) in [6.45, 7) is 4.07. The minimum Gasteiger partial charge on any atom is -0.392 e. The van der Waals surface area contributed by atoms with Crippen LogP contribution in [0.3, 0.4) is 0 Å². The molecule has 0 aliphatic heterocycles. The van der Waals surface area contributed by atoms with Gasteiger partial charge in [0, 0.05) is 27.5 Å². The molecule has 0 heterocycles. The molecule has 9 nitrogen and oxygen atoms in total. The van der Waals surface area contributed by atoms with Crippen molar-refractivity contribution in [3.63, 3.8) is 0 Å². The second-order valence-corrected chi connectivity index (χ2v) is 15.3. The van der Waals surface area contributed by atoms with Gasteiger partial charge >= 0.3 is 15.2 Å². The monoisotopic (exact) mass is 604 g/mol. The molecule has 1 atom stereocenters. The van der Waals surface area contributed by atoms with Gasteiger partial charge in [-0.3, -0.25) is 13.7 Å². The lowest BCUT2D eigenvalue weighted by molar-refractivity contribution is 0.220. The average Bonchev–Trinajstić information content (AvgIpc) is 2.93. The summed E-state index contributed by atoms with van der Waals surface area (Å²) < 4.78 is 63.5. The lowest BCUT2D eigenvalue weighted by Crippen LogP contribution is -2.04. The molecule has 0 aliphatic rings. The summed E-state index contributed by atoms with van der Waals surface area (Å²) in [5.41, 5.74) is 5.71. The van der Waals surface area contributed by atoms with Crippen LogP contribution in [0.15, 0.2) is 36.4 Å². The first kappa shape index (κ1) is 34.1. The molecule has 12 heteroatoms. The van der Waals surface area contributed by atoms with E-state index >= 15 is 0 Å². The second-order valence-electron chi connectivity index (χ2n) is 9.10. The van der Waals surface area contributed by atoms with Crippen LogP contribution in [0, 0.1) is 0 Å². The zero-order chi connectivity index (χ0) is 28.9. The minimum absolute atomic E-state index is 0.116. The van der Waals surface area contributed by atoms with E-state index in [2.05, 4.69) is 12.1 Å². The van der Waals surface area contributed by atoms with E-state index < -0.39 is 23.2 Å². The van der Waals surface area contributed by atoms with Gasteiger partial charge in [-0.05, 0) is 72.9 Å². The molecule has 2 aromatic carbocycles. The van der Waals surface area contributed by atoms with E-state index in [9.17, 15) is 18.8 Å². The Bertz CT molecular complexity index is 1150. The van der Waals surface area contributed by atoms with Crippen LogP contribution < -0.4 is 0 Å². The topological polar surface area (TPSA) is 118 Å². The molecule has 0 aromatic heterocycles. The highest BCUT2D eigenvalue weighted by Gasteiger charge is 2.23. The lowest BCUT2D eigenvalue weighted by atomic mass is 9.95. The number of rotatable bonds is 19. The fourth-order valence-electron chi connectivity index (χ4n) is 4.34. The molecule has 0 saturated carbocycles. The smallest absolute Gasteiger partial charge is 0.330 e. The van der Waals surface area contributed by atoms with Crippen molar-refractivity contribution in [2.75, 3.05) is 53.0 Å². The molecule has 0 aliphatic carbocycles. The average molecular weight is 605 g/mol. The molecule has 0 saturated heterocycles. The third-order valence-electron chi connectivity index (χ3n) is 6.22. The maximum absolute atomic E-state index is 12.9. The van der Waals surface area contributed by atoms with Crippen molar-refractivity contribution in [1.29, 1.82) is 0 Å². The highest BCUT2D eigenvalue weighted by Crippen LogP contribution is 2.48. The quantitative estimate of drug-likeness (QED) is 0.185. The molecule has 1 N–H and O–H groups in total. The van der Waals surface area contributed by atoms with Crippen LogP contribution in [-0.2, 0) is 68.6 Å². The first-order valence-corrected chi connectivity index (χ1v) is 18.1. The first-order valence-electron chi connectivity index (χ1n) is 13.1. The molecule has 39 heavy (non-hydrogen) atoms. The summed E-state index contributed by atoms with van der Waals surface area (Å²) in [5, 5.41) is 9.88. The standard InChI is InChI=1S/C27H43O9P3/c1-6-35-39(31,36-7-2)13-10-24-17-26(20-27(18-24)21-28)19-25-15-22(8-11-37(29)32-3)14-23(16-25)9-12-38(30,33-4)34-5/h14-18,20,28,37H,6-13,19,21H2,1-5H3. The maximum Gasteiger partial charge on any atom is 0.330 e. The van der Waals surface area contributed by atoms with Gasteiger partial charge in [-0.1, -0.05) is 36.4 Å². The summed E-state index contributed by atoms with van der Waals surface area (Å²) >= 11 is 0. The van der Waals surface area contributed by atoms with E-state index in [0.717, 1.165) is 33.4 Å². The Kier molecular flexibility index (Phi) is 14.8. The van der Waals surface area contributed by atoms with E-state index in [1.807, 2.05) is 24.3 Å².